The second-order valence-corrected chi connectivity index (χ2v) is 7.69. The molecule has 0 aliphatic heterocycles. The molecule has 0 atom stereocenters. The first kappa shape index (κ1) is 15.0. The Morgan fingerprint density at radius 2 is 1.00 bits per heavy atom. The number of nitrogens with one attached hydrogen (secondary N) is 3. The quantitative estimate of drug-likeness (QED) is 0.275. The van der Waals surface area contributed by atoms with Crippen molar-refractivity contribution in [2.45, 2.75) is 0 Å². The van der Waals surface area contributed by atoms with Crippen molar-refractivity contribution in [2.24, 2.45) is 0 Å². The van der Waals surface area contributed by atoms with Crippen LogP contribution in [-0.4, -0.2) is 15.0 Å². The highest BCUT2D eigenvalue weighted by molar-refractivity contribution is 6.25. The minimum atomic E-state index is 1.15. The van der Waals surface area contributed by atoms with E-state index in [0.717, 1.165) is 5.52 Å². The van der Waals surface area contributed by atoms with Gasteiger partial charge in [-0.1, -0.05) is 54.6 Å². The molecule has 3 aromatic heterocycles. The number of aromatic nitrogens is 3. The molecule has 136 valence electrons. The highest BCUT2D eigenvalue weighted by Crippen LogP contribution is 2.43. The molecular weight excluding hydrogens is 354 g/mol. The summed E-state index contributed by atoms with van der Waals surface area (Å²) in [6.07, 6.45) is 2.13. The van der Waals surface area contributed by atoms with Crippen LogP contribution < -0.4 is 0 Å². The van der Waals surface area contributed by atoms with Crippen molar-refractivity contribution in [1.29, 1.82) is 0 Å². The fraction of sp³-hybridized carbons (Fsp3) is 0. The summed E-state index contributed by atoms with van der Waals surface area (Å²) < 4.78 is 0. The summed E-state index contributed by atoms with van der Waals surface area (Å²) in [5.74, 6) is 0. The third-order valence-electron chi connectivity index (χ3n) is 6.14. The monoisotopic (exact) mass is 371 g/mol. The molecule has 0 spiro atoms. The molecule has 4 aromatic carbocycles. The number of fused-ring (bicyclic) bond motifs is 7. The van der Waals surface area contributed by atoms with Gasteiger partial charge in [0.1, 0.15) is 0 Å². The third kappa shape index (κ3) is 1.91. The van der Waals surface area contributed by atoms with Crippen molar-refractivity contribution >= 4 is 54.5 Å². The molecule has 0 saturated carbocycles. The van der Waals surface area contributed by atoms with Gasteiger partial charge in [-0.05, 0) is 24.3 Å². The van der Waals surface area contributed by atoms with Crippen LogP contribution in [0.3, 0.4) is 0 Å². The fourth-order valence-corrected chi connectivity index (χ4v) is 4.84. The van der Waals surface area contributed by atoms with E-state index in [4.69, 9.17) is 0 Å². The smallest absolute Gasteiger partial charge is 0.0566 e. The lowest BCUT2D eigenvalue weighted by Crippen LogP contribution is -1.83. The molecular formula is C26H17N3. The maximum absolute atomic E-state index is 3.70. The molecule has 0 amide bonds. The Balaban J connectivity index is 1.78. The number of hydrogen-bond donors (Lipinski definition) is 3. The van der Waals surface area contributed by atoms with E-state index in [0.29, 0.717) is 0 Å². The number of hydrogen-bond acceptors (Lipinski definition) is 0. The summed E-state index contributed by atoms with van der Waals surface area (Å²) >= 11 is 0. The first-order valence-electron chi connectivity index (χ1n) is 9.89. The highest BCUT2D eigenvalue weighted by atomic mass is 14.8. The predicted octanol–water partition coefficient (Wildman–Crippen LogP) is 7.10. The van der Waals surface area contributed by atoms with E-state index >= 15 is 0 Å². The fourth-order valence-electron chi connectivity index (χ4n) is 4.84. The van der Waals surface area contributed by atoms with Crippen LogP contribution in [0.2, 0.25) is 0 Å². The van der Waals surface area contributed by atoms with Gasteiger partial charge in [0.05, 0.1) is 11.0 Å². The summed E-state index contributed by atoms with van der Waals surface area (Å²) in [5, 5.41) is 6.28. The molecule has 0 radical (unpaired) electrons. The van der Waals surface area contributed by atoms with Crippen LogP contribution in [0.4, 0.5) is 0 Å². The van der Waals surface area contributed by atoms with Gasteiger partial charge in [-0.3, -0.25) is 0 Å². The molecule has 0 aliphatic rings. The van der Waals surface area contributed by atoms with Crippen molar-refractivity contribution in [3.63, 3.8) is 0 Å². The van der Waals surface area contributed by atoms with E-state index in [-0.39, 0.29) is 0 Å². The van der Waals surface area contributed by atoms with Crippen molar-refractivity contribution in [3.8, 4) is 11.1 Å². The van der Waals surface area contributed by atoms with Gasteiger partial charge in [-0.2, -0.15) is 0 Å². The van der Waals surface area contributed by atoms with Crippen molar-refractivity contribution in [3.05, 3.63) is 85.1 Å². The van der Waals surface area contributed by atoms with Gasteiger partial charge in [-0.15, -0.1) is 0 Å². The lowest BCUT2D eigenvalue weighted by Gasteiger charge is -2.06. The Kier molecular flexibility index (Phi) is 2.74. The molecule has 3 N–H and O–H groups in total. The van der Waals surface area contributed by atoms with Gasteiger partial charge >= 0.3 is 0 Å². The van der Waals surface area contributed by atoms with Crippen LogP contribution in [0.1, 0.15) is 0 Å². The van der Waals surface area contributed by atoms with Gasteiger partial charge in [0.25, 0.3) is 0 Å². The predicted molar refractivity (Wildman–Crippen MR) is 122 cm³/mol. The van der Waals surface area contributed by atoms with Crippen molar-refractivity contribution in [2.75, 3.05) is 0 Å². The first-order chi connectivity index (χ1) is 14.4. The molecule has 3 heteroatoms. The normalized spacial score (nSPS) is 12.1. The largest absolute Gasteiger partial charge is 0.361 e. The summed E-state index contributed by atoms with van der Waals surface area (Å²) in [6, 6.07) is 27.9. The number of rotatable bonds is 1. The Morgan fingerprint density at radius 1 is 0.483 bits per heavy atom. The summed E-state index contributed by atoms with van der Waals surface area (Å²) in [7, 11) is 0. The van der Waals surface area contributed by atoms with E-state index in [1.807, 2.05) is 0 Å². The SMILES string of the molecule is c1ccc2c(-c3c4[nH]c5ccccc5c4cc4c3[nH]c3ccccc34)c[nH]c2c1. The molecule has 0 saturated heterocycles. The maximum atomic E-state index is 3.70. The molecule has 7 aromatic rings. The zero-order valence-electron chi connectivity index (χ0n) is 15.6. The van der Waals surface area contributed by atoms with E-state index < -0.39 is 0 Å². The number of H-pyrrole nitrogens is 3. The van der Waals surface area contributed by atoms with Gasteiger partial charge in [0.2, 0.25) is 0 Å². The lowest BCUT2D eigenvalue weighted by atomic mass is 9.97. The molecule has 3 heterocycles. The maximum Gasteiger partial charge on any atom is 0.0566 e. The number of para-hydroxylation sites is 3. The Labute approximate surface area is 166 Å². The summed E-state index contributed by atoms with van der Waals surface area (Å²) in [4.78, 5) is 10.9. The zero-order valence-corrected chi connectivity index (χ0v) is 15.6. The van der Waals surface area contributed by atoms with Crippen LogP contribution in [0.5, 0.6) is 0 Å². The van der Waals surface area contributed by atoms with Crippen LogP contribution in [-0.2, 0) is 0 Å². The average Bonchev–Trinajstić information content (AvgIpc) is 3.45. The molecule has 7 rings (SSSR count). The molecule has 29 heavy (non-hydrogen) atoms. The highest BCUT2D eigenvalue weighted by Gasteiger charge is 2.19. The van der Waals surface area contributed by atoms with E-state index in [9.17, 15) is 0 Å². The van der Waals surface area contributed by atoms with Gasteiger partial charge in [0, 0.05) is 60.8 Å². The van der Waals surface area contributed by atoms with Crippen molar-refractivity contribution < 1.29 is 0 Å². The van der Waals surface area contributed by atoms with Gasteiger partial charge in [0.15, 0.2) is 0 Å². The number of aromatic amines is 3. The molecule has 0 aliphatic carbocycles. The van der Waals surface area contributed by atoms with Crippen LogP contribution in [0.15, 0.2) is 85.1 Å². The lowest BCUT2D eigenvalue weighted by molar-refractivity contribution is 1.47. The second kappa shape index (κ2) is 5.30. The average molecular weight is 371 g/mol. The Hall–Kier alpha value is -3.98. The van der Waals surface area contributed by atoms with E-state index in [2.05, 4.69) is 100 Å². The summed E-state index contributed by atoms with van der Waals surface area (Å²) in [5.41, 5.74) is 8.28. The molecule has 0 unspecified atom stereocenters. The van der Waals surface area contributed by atoms with Crippen LogP contribution >= 0.6 is 0 Å². The third-order valence-corrected chi connectivity index (χ3v) is 6.14. The van der Waals surface area contributed by atoms with Gasteiger partial charge in [-0.25, -0.2) is 0 Å². The van der Waals surface area contributed by atoms with Crippen LogP contribution in [0.25, 0.3) is 65.6 Å². The molecule has 3 nitrogen and oxygen atoms in total. The second-order valence-electron chi connectivity index (χ2n) is 7.69. The minimum Gasteiger partial charge on any atom is -0.361 e. The van der Waals surface area contributed by atoms with Gasteiger partial charge < -0.3 is 15.0 Å². The Morgan fingerprint density at radius 3 is 1.62 bits per heavy atom. The molecule has 0 fully saturated rings. The van der Waals surface area contributed by atoms with E-state index in [1.165, 1.54) is 60.1 Å². The number of benzene rings is 4. The minimum absolute atomic E-state index is 1.15. The first-order valence-corrected chi connectivity index (χ1v) is 9.89. The Bertz CT molecular complexity index is 1620. The zero-order chi connectivity index (χ0) is 18.9. The standard InChI is InChI=1S/C26H17N3/c1-4-10-21-17(9-1)20(14-27-21)24-25-18(15-7-2-5-11-22(15)28-25)13-19-16-8-3-6-12-23(16)29-26(19)24/h1-14,27-29H. The topological polar surface area (TPSA) is 47.4 Å². The summed E-state index contributed by atoms with van der Waals surface area (Å²) in [6.45, 7) is 0. The van der Waals surface area contributed by atoms with E-state index in [1.54, 1.807) is 0 Å². The van der Waals surface area contributed by atoms with Crippen molar-refractivity contribution in [1.82, 2.24) is 15.0 Å². The van der Waals surface area contributed by atoms with Crippen LogP contribution in [0, 0.1) is 0 Å². The molecule has 0 bridgehead atoms.